The van der Waals surface area contributed by atoms with Crippen molar-refractivity contribution in [1.82, 2.24) is 5.73 Å². The first-order valence-electron chi connectivity index (χ1n) is 2.24. The van der Waals surface area contributed by atoms with E-state index in [1.165, 1.54) is 0 Å². The van der Waals surface area contributed by atoms with Gasteiger partial charge in [0, 0.05) is 0 Å². The average Bonchev–Trinajstić information content (AvgIpc) is 1.35. The molecule has 37 valence electrons. The first-order valence-corrected chi connectivity index (χ1v) is 2.24. The van der Waals surface area contributed by atoms with Gasteiger partial charge in [0.05, 0.1) is 6.17 Å². The first-order chi connectivity index (χ1) is 2.77. The lowest BCUT2D eigenvalue weighted by molar-refractivity contribution is 0.610. The molecular weight excluding hydrogens is 76.1 g/mol. The summed E-state index contributed by atoms with van der Waals surface area (Å²) in [6, 6.07) is 0. The molecule has 0 rings (SSSR count). The summed E-state index contributed by atoms with van der Waals surface area (Å²) >= 11 is 0. The van der Waals surface area contributed by atoms with Crippen molar-refractivity contribution >= 4 is 0 Å². The summed E-state index contributed by atoms with van der Waals surface area (Å²) in [6.45, 7) is 2.02. The van der Waals surface area contributed by atoms with E-state index in [0.717, 1.165) is 12.8 Å². The van der Waals surface area contributed by atoms with Crippen LogP contribution in [0, 0.1) is 0 Å². The predicted octanol–water partition coefficient (Wildman–Crippen LogP) is 0.354. The third-order valence-electron chi connectivity index (χ3n) is 0.600. The van der Waals surface area contributed by atoms with Gasteiger partial charge in [0.15, 0.2) is 0 Å². The number of rotatable bonds is 2. The fraction of sp³-hybridized carbons (Fsp3) is 1.00. The van der Waals surface area contributed by atoms with Gasteiger partial charge < -0.3 is 5.73 Å². The lowest BCUT2D eigenvalue weighted by atomic mass is 10.3. The monoisotopic (exact) mass is 87.1 g/mol. The van der Waals surface area contributed by atoms with Gasteiger partial charge in [-0.3, -0.25) is 0 Å². The molecule has 0 amide bonds. The van der Waals surface area contributed by atoms with Crippen molar-refractivity contribution in [1.29, 1.82) is 0 Å². The third-order valence-corrected chi connectivity index (χ3v) is 0.600. The van der Waals surface area contributed by atoms with Crippen LogP contribution < -0.4 is 11.5 Å². The molecule has 1 unspecified atom stereocenters. The van der Waals surface area contributed by atoms with Crippen molar-refractivity contribution in [3.63, 3.8) is 0 Å². The minimum absolute atomic E-state index is 0.352. The third kappa shape index (κ3) is 3.92. The van der Waals surface area contributed by atoms with Crippen molar-refractivity contribution in [3.8, 4) is 0 Å². The molecule has 0 saturated heterocycles. The second-order valence-electron chi connectivity index (χ2n) is 1.40. The van der Waals surface area contributed by atoms with Gasteiger partial charge in [-0.05, 0) is 6.42 Å². The van der Waals surface area contributed by atoms with Crippen LogP contribution in [0.5, 0.6) is 0 Å². The number of nitrogens with one attached hydrogen (secondary N) is 1. The van der Waals surface area contributed by atoms with Crippen LogP contribution in [0.2, 0.25) is 0 Å². The van der Waals surface area contributed by atoms with Gasteiger partial charge in [0.1, 0.15) is 0 Å². The lowest BCUT2D eigenvalue weighted by Crippen LogP contribution is -2.19. The number of hydrogen-bond donors (Lipinski definition) is 1. The highest BCUT2D eigenvalue weighted by molar-refractivity contribution is 4.44. The van der Waals surface area contributed by atoms with Crippen LogP contribution in [-0.4, -0.2) is 6.17 Å². The number of hydrogen-bond acceptors (Lipinski definition) is 1. The summed E-state index contributed by atoms with van der Waals surface area (Å²) in [5, 5.41) is 0. The molecule has 0 aromatic heterocycles. The van der Waals surface area contributed by atoms with Gasteiger partial charge >= 0.3 is 0 Å². The molecule has 0 aliphatic rings. The van der Waals surface area contributed by atoms with Crippen molar-refractivity contribution in [2.24, 2.45) is 5.73 Å². The molecule has 0 aliphatic heterocycles. The predicted molar refractivity (Wildman–Crippen MR) is 26.0 cm³/mol. The Kier molecular flexibility index (Phi) is 3.08. The maximum atomic E-state index is 6.76. The maximum Gasteiger partial charge on any atom is 0.0679 e. The second kappa shape index (κ2) is 3.12. The van der Waals surface area contributed by atoms with Crippen LogP contribution in [0.3, 0.4) is 0 Å². The molecule has 0 aromatic carbocycles. The van der Waals surface area contributed by atoms with Crippen LogP contribution in [0.25, 0.3) is 0 Å². The molecule has 0 bridgehead atoms. The highest BCUT2D eigenvalue weighted by Crippen LogP contribution is 1.84. The zero-order valence-corrected chi connectivity index (χ0v) is 4.07. The number of nitrogens with two attached hydrogens (primary N) is 1. The second-order valence-corrected chi connectivity index (χ2v) is 1.40. The van der Waals surface area contributed by atoms with E-state index in [1.54, 1.807) is 0 Å². The Morgan fingerprint density at radius 1 is 1.83 bits per heavy atom. The van der Waals surface area contributed by atoms with Crippen LogP contribution in [0.4, 0.5) is 0 Å². The molecule has 1 radical (unpaired) electrons. The largest absolute Gasteiger partial charge is 0.315 e. The molecule has 0 spiro atoms. The molecule has 6 heavy (non-hydrogen) atoms. The van der Waals surface area contributed by atoms with Crippen molar-refractivity contribution in [3.05, 3.63) is 0 Å². The highest BCUT2D eigenvalue weighted by atomic mass is 14.8. The minimum Gasteiger partial charge on any atom is -0.315 e. The van der Waals surface area contributed by atoms with Crippen LogP contribution in [0.15, 0.2) is 0 Å². The Morgan fingerprint density at radius 3 is 2.33 bits per heavy atom. The molecule has 0 heterocycles. The van der Waals surface area contributed by atoms with Gasteiger partial charge in [0.25, 0.3) is 0 Å². The Labute approximate surface area is 38.5 Å². The first kappa shape index (κ1) is 5.92. The summed E-state index contributed by atoms with van der Waals surface area (Å²) < 4.78 is 0. The molecular formula is C4H11N2. The van der Waals surface area contributed by atoms with Gasteiger partial charge in [0.2, 0.25) is 0 Å². The summed E-state index contributed by atoms with van der Waals surface area (Å²) in [7, 11) is 0. The van der Waals surface area contributed by atoms with Gasteiger partial charge in [-0.2, -0.15) is 0 Å². The van der Waals surface area contributed by atoms with Crippen molar-refractivity contribution in [2.45, 2.75) is 25.9 Å². The normalized spacial score (nSPS) is 10.0. The smallest absolute Gasteiger partial charge is 0.0679 e. The fourth-order valence-corrected chi connectivity index (χ4v) is 0.311. The quantitative estimate of drug-likeness (QED) is 0.519. The minimum atomic E-state index is -0.352. The average molecular weight is 87.1 g/mol. The molecule has 3 N–H and O–H groups in total. The van der Waals surface area contributed by atoms with Gasteiger partial charge in [-0.1, -0.05) is 13.3 Å². The van der Waals surface area contributed by atoms with Gasteiger partial charge in [-0.15, -0.1) is 0 Å². The molecule has 0 saturated carbocycles. The molecule has 1 atom stereocenters. The summed E-state index contributed by atoms with van der Waals surface area (Å²) in [6.07, 6.45) is 1.49. The summed E-state index contributed by atoms with van der Waals surface area (Å²) in [5.74, 6) is 0. The molecule has 0 fully saturated rings. The summed E-state index contributed by atoms with van der Waals surface area (Å²) in [4.78, 5) is 0. The molecule has 0 aliphatic carbocycles. The lowest BCUT2D eigenvalue weighted by Gasteiger charge is -1.95. The Hall–Kier alpha value is -0.0800. The van der Waals surface area contributed by atoms with E-state index >= 15 is 0 Å². The van der Waals surface area contributed by atoms with E-state index < -0.39 is 0 Å². The van der Waals surface area contributed by atoms with Crippen LogP contribution >= 0.6 is 0 Å². The van der Waals surface area contributed by atoms with E-state index in [1.807, 2.05) is 6.92 Å². The van der Waals surface area contributed by atoms with Gasteiger partial charge in [-0.25, -0.2) is 5.73 Å². The van der Waals surface area contributed by atoms with Crippen LogP contribution in [-0.2, 0) is 0 Å². The fourth-order valence-electron chi connectivity index (χ4n) is 0.311. The Bertz CT molecular complexity index is 26.7. The van der Waals surface area contributed by atoms with Crippen molar-refractivity contribution < 1.29 is 0 Å². The molecule has 0 aromatic rings. The highest BCUT2D eigenvalue weighted by Gasteiger charge is 1.86. The summed E-state index contributed by atoms with van der Waals surface area (Å²) in [5.41, 5.74) is 11.8. The molecule has 2 heteroatoms. The Morgan fingerprint density at radius 2 is 2.33 bits per heavy atom. The Balaban J connectivity index is 2.63. The van der Waals surface area contributed by atoms with Crippen molar-refractivity contribution in [2.75, 3.05) is 0 Å². The zero-order valence-electron chi connectivity index (χ0n) is 4.07. The SMILES string of the molecule is CCCC([NH])N. The van der Waals surface area contributed by atoms with E-state index in [-0.39, 0.29) is 6.17 Å². The van der Waals surface area contributed by atoms with E-state index in [9.17, 15) is 0 Å². The van der Waals surface area contributed by atoms with E-state index in [4.69, 9.17) is 11.5 Å². The molecule has 2 nitrogen and oxygen atoms in total. The van der Waals surface area contributed by atoms with Crippen LogP contribution in [0.1, 0.15) is 19.8 Å². The van der Waals surface area contributed by atoms with E-state index in [2.05, 4.69) is 0 Å². The standard InChI is InChI=1S/C4H11N2/c1-2-3-4(5)6/h4-5H,2-3,6H2,1H3. The van der Waals surface area contributed by atoms with E-state index in [0.29, 0.717) is 0 Å². The zero-order chi connectivity index (χ0) is 4.99. The topological polar surface area (TPSA) is 49.8 Å². The maximum absolute atomic E-state index is 6.76.